The summed E-state index contributed by atoms with van der Waals surface area (Å²) in [6.07, 6.45) is 11.6. The Morgan fingerprint density at radius 1 is 1.36 bits per heavy atom. The van der Waals surface area contributed by atoms with Crippen molar-refractivity contribution < 1.29 is 4.79 Å². The highest BCUT2D eigenvalue weighted by atomic mass is 16.1. The monoisotopic (exact) mass is 194 g/mol. The first-order chi connectivity index (χ1) is 6.70. The number of aldehydes is 1. The fourth-order valence-electron chi connectivity index (χ4n) is 1.29. The van der Waals surface area contributed by atoms with Gasteiger partial charge in [0.1, 0.15) is 6.29 Å². The van der Waals surface area contributed by atoms with Gasteiger partial charge in [0.2, 0.25) is 0 Å². The van der Waals surface area contributed by atoms with Gasteiger partial charge in [0.05, 0.1) is 0 Å². The van der Waals surface area contributed by atoms with Crippen LogP contribution in [0.2, 0.25) is 0 Å². The Kier molecular flexibility index (Phi) is 8.20. The van der Waals surface area contributed by atoms with Crippen LogP contribution in [-0.4, -0.2) is 6.29 Å². The first kappa shape index (κ1) is 13.2. The molecule has 0 saturated heterocycles. The van der Waals surface area contributed by atoms with Crippen molar-refractivity contribution in [2.75, 3.05) is 0 Å². The van der Waals surface area contributed by atoms with Crippen molar-refractivity contribution in [2.45, 2.75) is 46.5 Å². The Bertz CT molecular complexity index is 197. The highest BCUT2D eigenvalue weighted by Crippen LogP contribution is 2.12. The highest BCUT2D eigenvalue weighted by Gasteiger charge is 2.03. The van der Waals surface area contributed by atoms with Crippen LogP contribution in [0, 0.1) is 5.92 Å². The summed E-state index contributed by atoms with van der Waals surface area (Å²) < 4.78 is 0. The van der Waals surface area contributed by atoms with E-state index >= 15 is 0 Å². The molecular formula is C13H22O. The molecular weight excluding hydrogens is 172 g/mol. The molecule has 0 N–H and O–H groups in total. The number of carbonyl (C=O) groups excluding carboxylic acids is 1. The minimum atomic E-state index is 0.218. The molecule has 0 aliphatic heterocycles. The molecule has 1 atom stereocenters. The molecule has 1 unspecified atom stereocenters. The maximum Gasteiger partial charge on any atom is 0.123 e. The van der Waals surface area contributed by atoms with Gasteiger partial charge >= 0.3 is 0 Å². The van der Waals surface area contributed by atoms with E-state index in [-0.39, 0.29) is 5.92 Å². The SMILES string of the molecule is CC=CCCCC(C=O)CC=C(C)C. The number of rotatable bonds is 7. The summed E-state index contributed by atoms with van der Waals surface area (Å²) in [4.78, 5) is 10.7. The predicted octanol–water partition coefficient (Wildman–Crippen LogP) is 3.90. The summed E-state index contributed by atoms with van der Waals surface area (Å²) in [5.41, 5.74) is 1.30. The molecule has 80 valence electrons. The molecule has 0 amide bonds. The fourth-order valence-corrected chi connectivity index (χ4v) is 1.29. The average Bonchev–Trinajstić information content (AvgIpc) is 2.16. The lowest BCUT2D eigenvalue weighted by Gasteiger charge is -2.06. The number of hydrogen-bond donors (Lipinski definition) is 0. The molecule has 0 aromatic carbocycles. The zero-order chi connectivity index (χ0) is 10.8. The van der Waals surface area contributed by atoms with Gasteiger partial charge in [0.15, 0.2) is 0 Å². The van der Waals surface area contributed by atoms with Gasteiger partial charge in [0, 0.05) is 5.92 Å². The standard InChI is InChI=1S/C13H22O/c1-4-5-6-7-8-13(11-14)10-9-12(2)3/h4-5,9,11,13H,6-8,10H2,1-3H3. The lowest BCUT2D eigenvalue weighted by molar-refractivity contribution is -0.111. The summed E-state index contributed by atoms with van der Waals surface area (Å²) in [7, 11) is 0. The summed E-state index contributed by atoms with van der Waals surface area (Å²) >= 11 is 0. The van der Waals surface area contributed by atoms with E-state index in [2.05, 4.69) is 32.1 Å². The van der Waals surface area contributed by atoms with Crippen molar-refractivity contribution in [1.29, 1.82) is 0 Å². The molecule has 0 spiro atoms. The smallest absolute Gasteiger partial charge is 0.123 e. The van der Waals surface area contributed by atoms with Crippen LogP contribution < -0.4 is 0 Å². The van der Waals surface area contributed by atoms with Gasteiger partial charge in [-0.3, -0.25) is 0 Å². The second-order valence-corrected chi connectivity index (χ2v) is 3.91. The second-order valence-electron chi connectivity index (χ2n) is 3.91. The molecule has 1 heteroatoms. The van der Waals surface area contributed by atoms with Crippen LogP contribution in [0.5, 0.6) is 0 Å². The Hall–Kier alpha value is -0.850. The second kappa shape index (κ2) is 8.74. The molecule has 0 radical (unpaired) electrons. The lowest BCUT2D eigenvalue weighted by atomic mass is 9.99. The van der Waals surface area contributed by atoms with Gasteiger partial charge in [-0.2, -0.15) is 0 Å². The zero-order valence-corrected chi connectivity index (χ0v) is 9.62. The topological polar surface area (TPSA) is 17.1 Å². The number of allylic oxidation sites excluding steroid dienone is 4. The van der Waals surface area contributed by atoms with Crippen LogP contribution in [0.4, 0.5) is 0 Å². The van der Waals surface area contributed by atoms with Crippen molar-refractivity contribution in [3.8, 4) is 0 Å². The molecule has 0 aromatic rings. The van der Waals surface area contributed by atoms with Gasteiger partial charge in [-0.25, -0.2) is 0 Å². The molecule has 14 heavy (non-hydrogen) atoms. The molecule has 0 saturated carbocycles. The predicted molar refractivity (Wildman–Crippen MR) is 62.3 cm³/mol. The maximum atomic E-state index is 10.7. The Morgan fingerprint density at radius 3 is 2.57 bits per heavy atom. The van der Waals surface area contributed by atoms with Gasteiger partial charge in [-0.1, -0.05) is 23.8 Å². The van der Waals surface area contributed by atoms with E-state index in [0.29, 0.717) is 0 Å². The van der Waals surface area contributed by atoms with E-state index in [4.69, 9.17) is 0 Å². The summed E-state index contributed by atoms with van der Waals surface area (Å²) in [5.74, 6) is 0.218. The average molecular weight is 194 g/mol. The van der Waals surface area contributed by atoms with E-state index in [0.717, 1.165) is 32.0 Å². The van der Waals surface area contributed by atoms with Crippen LogP contribution in [0.15, 0.2) is 23.8 Å². The van der Waals surface area contributed by atoms with E-state index in [1.165, 1.54) is 5.57 Å². The summed E-state index contributed by atoms with van der Waals surface area (Å²) in [6, 6.07) is 0. The van der Waals surface area contributed by atoms with Gasteiger partial charge in [-0.05, 0) is 46.5 Å². The van der Waals surface area contributed by atoms with Crippen molar-refractivity contribution in [3.05, 3.63) is 23.8 Å². The minimum absolute atomic E-state index is 0.218. The molecule has 0 rings (SSSR count). The van der Waals surface area contributed by atoms with E-state index in [1.807, 2.05) is 6.92 Å². The third-order valence-corrected chi connectivity index (χ3v) is 2.20. The zero-order valence-electron chi connectivity index (χ0n) is 9.62. The van der Waals surface area contributed by atoms with Gasteiger partial charge in [-0.15, -0.1) is 0 Å². The first-order valence-electron chi connectivity index (χ1n) is 5.40. The van der Waals surface area contributed by atoms with Crippen LogP contribution in [-0.2, 0) is 4.79 Å². The van der Waals surface area contributed by atoms with Crippen LogP contribution in [0.3, 0.4) is 0 Å². The molecule has 1 nitrogen and oxygen atoms in total. The highest BCUT2D eigenvalue weighted by molar-refractivity contribution is 5.53. The van der Waals surface area contributed by atoms with Crippen molar-refractivity contribution >= 4 is 6.29 Å². The first-order valence-corrected chi connectivity index (χ1v) is 5.40. The normalized spacial score (nSPS) is 12.8. The Morgan fingerprint density at radius 2 is 2.07 bits per heavy atom. The number of unbranched alkanes of at least 4 members (excludes halogenated alkanes) is 1. The lowest BCUT2D eigenvalue weighted by Crippen LogP contribution is -2.00. The summed E-state index contributed by atoms with van der Waals surface area (Å²) in [5, 5.41) is 0. The molecule has 0 fully saturated rings. The van der Waals surface area contributed by atoms with Crippen LogP contribution in [0.1, 0.15) is 46.5 Å². The third kappa shape index (κ3) is 7.78. The molecule has 0 aromatic heterocycles. The van der Waals surface area contributed by atoms with Crippen LogP contribution >= 0.6 is 0 Å². The number of hydrogen-bond acceptors (Lipinski definition) is 1. The molecule has 0 heterocycles. The fraction of sp³-hybridized carbons (Fsp3) is 0.615. The van der Waals surface area contributed by atoms with Crippen molar-refractivity contribution in [2.24, 2.45) is 5.92 Å². The quantitative estimate of drug-likeness (QED) is 0.341. The Balaban J connectivity index is 3.68. The van der Waals surface area contributed by atoms with Crippen molar-refractivity contribution in [3.63, 3.8) is 0 Å². The molecule has 0 bridgehead atoms. The van der Waals surface area contributed by atoms with E-state index in [1.54, 1.807) is 0 Å². The molecule has 0 aliphatic carbocycles. The van der Waals surface area contributed by atoms with E-state index in [9.17, 15) is 4.79 Å². The minimum Gasteiger partial charge on any atom is -0.303 e. The van der Waals surface area contributed by atoms with Gasteiger partial charge < -0.3 is 4.79 Å². The summed E-state index contributed by atoms with van der Waals surface area (Å²) in [6.45, 7) is 6.17. The third-order valence-electron chi connectivity index (χ3n) is 2.20. The maximum absolute atomic E-state index is 10.7. The van der Waals surface area contributed by atoms with Crippen molar-refractivity contribution in [1.82, 2.24) is 0 Å². The van der Waals surface area contributed by atoms with Crippen LogP contribution in [0.25, 0.3) is 0 Å². The van der Waals surface area contributed by atoms with Gasteiger partial charge in [0.25, 0.3) is 0 Å². The Labute approximate surface area is 87.9 Å². The van der Waals surface area contributed by atoms with E-state index < -0.39 is 0 Å². The number of carbonyl (C=O) groups is 1. The largest absolute Gasteiger partial charge is 0.303 e. The molecule has 0 aliphatic rings.